The van der Waals surface area contributed by atoms with Gasteiger partial charge in [0, 0.05) is 18.3 Å². The molecule has 0 radical (unpaired) electrons. The van der Waals surface area contributed by atoms with Crippen LogP contribution in [0.15, 0.2) is 17.0 Å². The SMILES string of the molecule is Nc1cc(Cl)c(S(=O)(=O)N2CCCCCC2CO)c(Cl)c1. The third-order valence-corrected chi connectivity index (χ3v) is 6.50. The van der Waals surface area contributed by atoms with E-state index in [2.05, 4.69) is 0 Å². The predicted molar refractivity (Wildman–Crippen MR) is 84.1 cm³/mol. The van der Waals surface area contributed by atoms with Gasteiger partial charge in [-0.2, -0.15) is 4.31 Å². The average Bonchev–Trinajstić information content (AvgIpc) is 2.62. The second-order valence-corrected chi connectivity index (χ2v) is 7.76. The normalized spacial score (nSPS) is 21.2. The molecule has 1 atom stereocenters. The highest BCUT2D eigenvalue weighted by Gasteiger charge is 2.35. The number of nitrogen functional groups attached to an aromatic ring is 1. The monoisotopic (exact) mass is 352 g/mol. The van der Waals surface area contributed by atoms with E-state index in [1.54, 1.807) is 0 Å². The van der Waals surface area contributed by atoms with Gasteiger partial charge in [0.15, 0.2) is 0 Å². The van der Waals surface area contributed by atoms with Crippen molar-refractivity contribution in [2.24, 2.45) is 0 Å². The summed E-state index contributed by atoms with van der Waals surface area (Å²) < 4.78 is 27.0. The maximum Gasteiger partial charge on any atom is 0.246 e. The number of aliphatic hydroxyl groups excluding tert-OH is 1. The molecule has 1 fully saturated rings. The van der Waals surface area contributed by atoms with Crippen LogP contribution in [0.3, 0.4) is 0 Å². The van der Waals surface area contributed by atoms with E-state index >= 15 is 0 Å². The Bertz CT molecular complexity index is 599. The molecule has 0 amide bonds. The number of benzene rings is 1. The Kier molecular flexibility index (Phi) is 5.38. The van der Waals surface area contributed by atoms with Crippen LogP contribution in [0.25, 0.3) is 0 Å². The largest absolute Gasteiger partial charge is 0.399 e. The molecule has 1 saturated heterocycles. The summed E-state index contributed by atoms with van der Waals surface area (Å²) in [6.07, 6.45) is 3.20. The van der Waals surface area contributed by atoms with Crippen LogP contribution < -0.4 is 5.73 Å². The van der Waals surface area contributed by atoms with E-state index in [1.165, 1.54) is 16.4 Å². The molecule has 1 unspecified atom stereocenters. The van der Waals surface area contributed by atoms with Crippen LogP contribution in [0.1, 0.15) is 25.7 Å². The summed E-state index contributed by atoms with van der Waals surface area (Å²) in [5.74, 6) is 0. The molecule has 21 heavy (non-hydrogen) atoms. The highest BCUT2D eigenvalue weighted by atomic mass is 35.5. The molecule has 0 saturated carbocycles. The number of hydrogen-bond acceptors (Lipinski definition) is 4. The number of rotatable bonds is 3. The maximum atomic E-state index is 12.9. The number of halogens is 2. The first-order valence-corrected chi connectivity index (χ1v) is 8.94. The Balaban J connectivity index is 2.50. The third-order valence-electron chi connectivity index (χ3n) is 3.62. The minimum atomic E-state index is -3.87. The van der Waals surface area contributed by atoms with Crippen LogP contribution >= 0.6 is 23.2 Å². The lowest BCUT2D eigenvalue weighted by molar-refractivity contribution is 0.186. The summed E-state index contributed by atoms with van der Waals surface area (Å²) in [5.41, 5.74) is 5.92. The standard InChI is InChI=1S/C13H18Cl2N2O3S/c14-11-6-9(16)7-12(15)13(11)21(19,20)17-5-3-1-2-4-10(17)8-18/h6-7,10,18H,1-5,8,16H2. The van der Waals surface area contributed by atoms with E-state index in [4.69, 9.17) is 28.9 Å². The van der Waals surface area contributed by atoms with E-state index < -0.39 is 16.1 Å². The van der Waals surface area contributed by atoms with Gasteiger partial charge in [0.05, 0.1) is 16.7 Å². The molecule has 3 N–H and O–H groups in total. The Morgan fingerprint density at radius 2 is 1.86 bits per heavy atom. The lowest BCUT2D eigenvalue weighted by Crippen LogP contribution is -2.42. The molecule has 118 valence electrons. The van der Waals surface area contributed by atoms with E-state index in [0.29, 0.717) is 18.7 Å². The van der Waals surface area contributed by atoms with Crippen molar-refractivity contribution in [1.82, 2.24) is 4.31 Å². The van der Waals surface area contributed by atoms with Crippen LogP contribution in [0.4, 0.5) is 5.69 Å². The molecular formula is C13H18Cl2N2O3S. The zero-order valence-corrected chi connectivity index (χ0v) is 13.8. The van der Waals surface area contributed by atoms with Crippen molar-refractivity contribution in [2.75, 3.05) is 18.9 Å². The van der Waals surface area contributed by atoms with Crippen molar-refractivity contribution in [3.05, 3.63) is 22.2 Å². The van der Waals surface area contributed by atoms with Gasteiger partial charge >= 0.3 is 0 Å². The number of sulfonamides is 1. The van der Waals surface area contributed by atoms with Crippen molar-refractivity contribution >= 4 is 38.9 Å². The van der Waals surface area contributed by atoms with E-state index in [9.17, 15) is 13.5 Å². The molecular weight excluding hydrogens is 335 g/mol. The number of hydrogen-bond donors (Lipinski definition) is 2. The zero-order chi connectivity index (χ0) is 15.6. The molecule has 1 aliphatic heterocycles. The fourth-order valence-corrected chi connectivity index (χ4v) is 5.46. The number of nitrogens with two attached hydrogens (primary N) is 1. The number of anilines is 1. The first-order valence-electron chi connectivity index (χ1n) is 6.75. The molecule has 1 heterocycles. The maximum absolute atomic E-state index is 12.9. The molecule has 2 rings (SSSR count). The zero-order valence-electron chi connectivity index (χ0n) is 11.4. The van der Waals surface area contributed by atoms with E-state index in [-0.39, 0.29) is 21.5 Å². The van der Waals surface area contributed by atoms with Crippen molar-refractivity contribution in [3.8, 4) is 0 Å². The lowest BCUT2D eigenvalue weighted by atomic mass is 10.1. The first-order chi connectivity index (χ1) is 9.87. The fourth-order valence-electron chi connectivity index (χ4n) is 2.59. The highest BCUT2D eigenvalue weighted by Crippen LogP contribution is 2.35. The predicted octanol–water partition coefficient (Wildman–Crippen LogP) is 2.50. The summed E-state index contributed by atoms with van der Waals surface area (Å²) in [5, 5.41) is 9.49. The summed E-state index contributed by atoms with van der Waals surface area (Å²) in [6.45, 7) is 0.133. The van der Waals surface area contributed by atoms with Gasteiger partial charge in [-0.05, 0) is 25.0 Å². The molecule has 0 aromatic heterocycles. The molecule has 1 aliphatic rings. The van der Waals surface area contributed by atoms with Crippen LogP contribution in [-0.2, 0) is 10.0 Å². The molecule has 0 spiro atoms. The average molecular weight is 353 g/mol. The topological polar surface area (TPSA) is 83.6 Å². The molecule has 0 bridgehead atoms. The smallest absolute Gasteiger partial charge is 0.246 e. The van der Waals surface area contributed by atoms with Crippen LogP contribution in [-0.4, -0.2) is 37.0 Å². The summed E-state index contributed by atoms with van der Waals surface area (Å²) in [4.78, 5) is -0.139. The molecule has 1 aromatic carbocycles. The molecule has 0 aliphatic carbocycles. The summed E-state index contributed by atoms with van der Waals surface area (Å²) >= 11 is 12.1. The van der Waals surface area contributed by atoms with Gasteiger partial charge in [0.1, 0.15) is 4.90 Å². The third kappa shape index (κ3) is 3.46. The quantitative estimate of drug-likeness (QED) is 0.818. The van der Waals surface area contributed by atoms with Gasteiger partial charge in [0.25, 0.3) is 0 Å². The second kappa shape index (κ2) is 6.71. The van der Waals surface area contributed by atoms with Crippen LogP contribution in [0, 0.1) is 0 Å². The second-order valence-electron chi connectivity index (χ2n) is 5.12. The Labute approximate surface area is 134 Å². The Hall–Kier alpha value is -0.530. The van der Waals surface area contributed by atoms with Crippen molar-refractivity contribution in [2.45, 2.75) is 36.6 Å². The Morgan fingerprint density at radius 1 is 1.24 bits per heavy atom. The van der Waals surface area contributed by atoms with Gasteiger partial charge in [-0.25, -0.2) is 8.42 Å². The first kappa shape index (κ1) is 16.8. The minimum Gasteiger partial charge on any atom is -0.399 e. The van der Waals surface area contributed by atoms with E-state index in [1.807, 2.05) is 0 Å². The van der Waals surface area contributed by atoms with Gasteiger partial charge < -0.3 is 10.8 Å². The molecule has 8 heteroatoms. The summed E-state index contributed by atoms with van der Waals surface area (Å²) in [7, 11) is -3.87. The van der Waals surface area contributed by atoms with Crippen molar-refractivity contribution in [3.63, 3.8) is 0 Å². The van der Waals surface area contributed by atoms with Crippen LogP contribution in [0.2, 0.25) is 10.0 Å². The molecule has 1 aromatic rings. The minimum absolute atomic E-state index is 0.000867. The Morgan fingerprint density at radius 3 is 2.43 bits per heavy atom. The van der Waals surface area contributed by atoms with Crippen molar-refractivity contribution < 1.29 is 13.5 Å². The fraction of sp³-hybridized carbons (Fsp3) is 0.538. The van der Waals surface area contributed by atoms with Crippen molar-refractivity contribution in [1.29, 1.82) is 0 Å². The van der Waals surface area contributed by atoms with Gasteiger partial charge in [-0.3, -0.25) is 0 Å². The number of aliphatic hydroxyl groups is 1. The number of nitrogens with zero attached hydrogens (tertiary/aromatic N) is 1. The van der Waals surface area contributed by atoms with Gasteiger partial charge in [-0.15, -0.1) is 0 Å². The lowest BCUT2D eigenvalue weighted by Gasteiger charge is -2.28. The highest BCUT2D eigenvalue weighted by molar-refractivity contribution is 7.89. The van der Waals surface area contributed by atoms with Gasteiger partial charge in [0.2, 0.25) is 10.0 Å². The van der Waals surface area contributed by atoms with Crippen LogP contribution in [0.5, 0.6) is 0 Å². The van der Waals surface area contributed by atoms with E-state index in [0.717, 1.165) is 19.3 Å². The van der Waals surface area contributed by atoms with Gasteiger partial charge in [-0.1, -0.05) is 36.0 Å². The summed E-state index contributed by atoms with van der Waals surface area (Å²) in [6, 6.07) is 2.29. The molecule has 5 nitrogen and oxygen atoms in total.